The second kappa shape index (κ2) is 7.71. The van der Waals surface area contributed by atoms with Gasteiger partial charge in [0.15, 0.2) is 11.6 Å². The summed E-state index contributed by atoms with van der Waals surface area (Å²) in [6, 6.07) is 2.88. The summed E-state index contributed by atoms with van der Waals surface area (Å²) in [5.74, 6) is -3.48. The molecular weight excluding hydrogens is 280 g/mol. The summed E-state index contributed by atoms with van der Waals surface area (Å²) in [6.07, 6.45) is 0.612. The summed E-state index contributed by atoms with van der Waals surface area (Å²) in [5, 5.41) is 11.4. The number of carbonyl (C=O) groups excluding carboxylic acids is 1. The molecule has 1 aromatic carbocycles. The largest absolute Gasteiger partial charge is 0.481 e. The summed E-state index contributed by atoms with van der Waals surface area (Å²) < 4.78 is 25.8. The third-order valence-corrected chi connectivity index (χ3v) is 3.00. The highest BCUT2D eigenvalue weighted by molar-refractivity contribution is 5.94. The number of hydrogen-bond acceptors (Lipinski definition) is 2. The van der Waals surface area contributed by atoms with E-state index in [9.17, 15) is 18.4 Å². The van der Waals surface area contributed by atoms with Crippen molar-refractivity contribution >= 4 is 11.9 Å². The van der Waals surface area contributed by atoms with E-state index >= 15 is 0 Å². The van der Waals surface area contributed by atoms with Gasteiger partial charge >= 0.3 is 5.97 Å². The van der Waals surface area contributed by atoms with Crippen LogP contribution in [0.1, 0.15) is 37.0 Å². The maximum absolute atomic E-state index is 13.0. The third-order valence-electron chi connectivity index (χ3n) is 3.00. The van der Waals surface area contributed by atoms with Gasteiger partial charge in [-0.25, -0.2) is 8.78 Å². The zero-order valence-electron chi connectivity index (χ0n) is 12.0. The third kappa shape index (κ3) is 5.89. The fourth-order valence-corrected chi connectivity index (χ4v) is 2.13. The first kappa shape index (κ1) is 17.1. The van der Waals surface area contributed by atoms with Gasteiger partial charge in [-0.3, -0.25) is 9.59 Å². The Balaban J connectivity index is 2.63. The predicted molar refractivity (Wildman–Crippen MR) is 73.9 cm³/mol. The number of nitrogens with one attached hydrogen (secondary N) is 1. The van der Waals surface area contributed by atoms with E-state index in [1.165, 1.54) is 6.07 Å². The van der Waals surface area contributed by atoms with Crippen molar-refractivity contribution in [3.63, 3.8) is 0 Å². The van der Waals surface area contributed by atoms with Crippen LogP contribution in [0.5, 0.6) is 0 Å². The minimum Gasteiger partial charge on any atom is -0.481 e. The molecule has 0 saturated heterocycles. The van der Waals surface area contributed by atoms with Crippen LogP contribution in [0.4, 0.5) is 8.78 Å². The van der Waals surface area contributed by atoms with E-state index in [0.29, 0.717) is 12.3 Å². The molecule has 0 spiro atoms. The number of aliphatic carboxylic acids is 1. The molecule has 0 aliphatic heterocycles. The van der Waals surface area contributed by atoms with Crippen LogP contribution >= 0.6 is 0 Å². The quantitative estimate of drug-likeness (QED) is 0.813. The van der Waals surface area contributed by atoms with Crippen LogP contribution in [-0.4, -0.2) is 23.5 Å². The van der Waals surface area contributed by atoms with Gasteiger partial charge in [0.05, 0.1) is 0 Å². The van der Waals surface area contributed by atoms with Crippen molar-refractivity contribution in [3.8, 4) is 0 Å². The monoisotopic (exact) mass is 299 g/mol. The molecule has 1 atom stereocenters. The molecule has 0 aromatic heterocycles. The molecule has 0 heterocycles. The van der Waals surface area contributed by atoms with Gasteiger partial charge in [-0.2, -0.15) is 0 Å². The summed E-state index contributed by atoms with van der Waals surface area (Å²) in [7, 11) is 0. The first-order valence-corrected chi connectivity index (χ1v) is 6.74. The number of hydrogen-bond donors (Lipinski definition) is 2. The summed E-state index contributed by atoms with van der Waals surface area (Å²) in [4.78, 5) is 22.6. The Hall–Kier alpha value is -1.98. The standard InChI is InChI=1S/C15H19F2NO3/c1-9(2)5-10(6-14(19)20)8-18-15(21)11-3-4-12(16)13(17)7-11/h3-4,7,9-10H,5-6,8H2,1-2H3,(H,18,21)(H,19,20). The smallest absolute Gasteiger partial charge is 0.303 e. The number of halogens is 2. The molecule has 6 heteroatoms. The van der Waals surface area contributed by atoms with Gasteiger partial charge in [0.25, 0.3) is 5.91 Å². The molecule has 0 bridgehead atoms. The minimum absolute atomic E-state index is 0.00696. The molecule has 0 aliphatic rings. The van der Waals surface area contributed by atoms with Crippen molar-refractivity contribution in [1.82, 2.24) is 5.32 Å². The lowest BCUT2D eigenvalue weighted by Crippen LogP contribution is -2.31. The Morgan fingerprint density at radius 2 is 1.90 bits per heavy atom. The van der Waals surface area contributed by atoms with Crippen LogP contribution in [0.25, 0.3) is 0 Å². The van der Waals surface area contributed by atoms with E-state index in [2.05, 4.69) is 5.32 Å². The molecule has 0 fully saturated rings. The lowest BCUT2D eigenvalue weighted by Gasteiger charge is -2.17. The van der Waals surface area contributed by atoms with Crippen molar-refractivity contribution in [2.75, 3.05) is 6.54 Å². The second-order valence-corrected chi connectivity index (χ2v) is 5.43. The number of benzene rings is 1. The highest BCUT2D eigenvalue weighted by Gasteiger charge is 2.17. The molecule has 1 aromatic rings. The molecule has 1 amide bonds. The van der Waals surface area contributed by atoms with E-state index in [4.69, 9.17) is 5.11 Å². The molecule has 2 N–H and O–H groups in total. The van der Waals surface area contributed by atoms with Gasteiger partial charge in [-0.1, -0.05) is 13.8 Å². The van der Waals surface area contributed by atoms with E-state index < -0.39 is 23.5 Å². The maximum atomic E-state index is 13.0. The van der Waals surface area contributed by atoms with Crippen LogP contribution in [0.15, 0.2) is 18.2 Å². The maximum Gasteiger partial charge on any atom is 0.303 e. The SMILES string of the molecule is CC(C)CC(CNC(=O)c1ccc(F)c(F)c1)CC(=O)O. The lowest BCUT2D eigenvalue weighted by atomic mass is 9.94. The average molecular weight is 299 g/mol. The summed E-state index contributed by atoms with van der Waals surface area (Å²) in [6.45, 7) is 4.11. The zero-order valence-corrected chi connectivity index (χ0v) is 12.0. The molecule has 116 valence electrons. The zero-order chi connectivity index (χ0) is 16.0. The topological polar surface area (TPSA) is 66.4 Å². The fourth-order valence-electron chi connectivity index (χ4n) is 2.13. The summed E-state index contributed by atoms with van der Waals surface area (Å²) in [5.41, 5.74) is 0.00696. The molecule has 4 nitrogen and oxygen atoms in total. The molecule has 1 rings (SSSR count). The normalized spacial score (nSPS) is 12.2. The number of amides is 1. The molecule has 0 aliphatic carbocycles. The molecule has 0 saturated carbocycles. The van der Waals surface area contributed by atoms with Gasteiger partial charge in [0.2, 0.25) is 0 Å². The number of carbonyl (C=O) groups is 2. The van der Waals surface area contributed by atoms with Crippen LogP contribution in [-0.2, 0) is 4.79 Å². The van der Waals surface area contributed by atoms with Crippen LogP contribution in [0.3, 0.4) is 0 Å². The molecule has 1 unspecified atom stereocenters. The van der Waals surface area contributed by atoms with E-state index in [0.717, 1.165) is 12.1 Å². The number of rotatable bonds is 7. The van der Waals surface area contributed by atoms with Gasteiger partial charge in [-0.05, 0) is 36.5 Å². The Labute approximate surface area is 122 Å². The fraction of sp³-hybridized carbons (Fsp3) is 0.467. The van der Waals surface area contributed by atoms with Crippen LogP contribution in [0, 0.1) is 23.5 Å². The molecule has 21 heavy (non-hydrogen) atoms. The van der Waals surface area contributed by atoms with E-state index in [1.807, 2.05) is 13.8 Å². The number of carboxylic acid groups (broad SMARTS) is 1. The first-order valence-electron chi connectivity index (χ1n) is 6.74. The first-order chi connectivity index (χ1) is 9.79. The van der Waals surface area contributed by atoms with Gasteiger partial charge in [0.1, 0.15) is 0 Å². The Morgan fingerprint density at radius 1 is 1.24 bits per heavy atom. The highest BCUT2D eigenvalue weighted by Crippen LogP contribution is 2.15. The van der Waals surface area contributed by atoms with E-state index in [-0.39, 0.29) is 24.4 Å². The van der Waals surface area contributed by atoms with Crippen molar-refractivity contribution in [2.45, 2.75) is 26.7 Å². The van der Waals surface area contributed by atoms with Gasteiger partial charge in [0, 0.05) is 18.5 Å². The lowest BCUT2D eigenvalue weighted by molar-refractivity contribution is -0.138. The van der Waals surface area contributed by atoms with Crippen molar-refractivity contribution in [1.29, 1.82) is 0 Å². The van der Waals surface area contributed by atoms with Crippen LogP contribution in [0.2, 0.25) is 0 Å². The Bertz CT molecular complexity index is 518. The Morgan fingerprint density at radius 3 is 2.43 bits per heavy atom. The van der Waals surface area contributed by atoms with Crippen molar-refractivity contribution in [3.05, 3.63) is 35.4 Å². The highest BCUT2D eigenvalue weighted by atomic mass is 19.2. The average Bonchev–Trinajstić information content (AvgIpc) is 2.37. The minimum atomic E-state index is -1.09. The van der Waals surface area contributed by atoms with Crippen molar-refractivity contribution in [2.24, 2.45) is 11.8 Å². The van der Waals surface area contributed by atoms with Crippen molar-refractivity contribution < 1.29 is 23.5 Å². The second-order valence-electron chi connectivity index (χ2n) is 5.43. The van der Waals surface area contributed by atoms with E-state index in [1.54, 1.807) is 0 Å². The Kier molecular flexibility index (Phi) is 6.27. The van der Waals surface area contributed by atoms with Gasteiger partial charge < -0.3 is 10.4 Å². The van der Waals surface area contributed by atoms with Crippen LogP contribution < -0.4 is 5.32 Å². The molecule has 0 radical (unpaired) electrons. The summed E-state index contributed by atoms with van der Waals surface area (Å²) >= 11 is 0. The van der Waals surface area contributed by atoms with Gasteiger partial charge in [-0.15, -0.1) is 0 Å². The number of carboxylic acids is 1. The molecular formula is C15H19F2NO3. The predicted octanol–water partition coefficient (Wildman–Crippen LogP) is 2.83.